The minimum absolute atomic E-state index is 0.128. The smallest absolute Gasteiger partial charge is 0.262 e. The van der Waals surface area contributed by atoms with Gasteiger partial charge in [0.05, 0.1) is 16.5 Å². The Morgan fingerprint density at radius 3 is 2.33 bits per heavy atom. The van der Waals surface area contributed by atoms with Crippen LogP contribution in [0.3, 0.4) is 0 Å². The number of amides is 2. The lowest BCUT2D eigenvalue weighted by Gasteiger charge is -2.16. The summed E-state index contributed by atoms with van der Waals surface area (Å²) in [5.41, 5.74) is 0.704. The van der Waals surface area contributed by atoms with Crippen LogP contribution < -0.4 is 5.56 Å². The molecule has 2 aromatic heterocycles. The van der Waals surface area contributed by atoms with E-state index in [1.165, 1.54) is 28.0 Å². The maximum atomic E-state index is 13.0. The van der Waals surface area contributed by atoms with Gasteiger partial charge in [-0.05, 0) is 30.9 Å². The van der Waals surface area contributed by atoms with E-state index in [-0.39, 0.29) is 30.5 Å². The van der Waals surface area contributed by atoms with E-state index in [9.17, 15) is 14.4 Å². The number of imide groups is 1. The molecule has 3 aromatic rings. The number of hydrogen-bond acceptors (Lipinski definition) is 6. The lowest BCUT2D eigenvalue weighted by Crippen LogP contribution is -2.35. The van der Waals surface area contributed by atoms with Crippen LogP contribution in [0.1, 0.15) is 32.5 Å². The molecule has 0 fully saturated rings. The SMILES string of the molecule is CCc1cc2c(=O)n(CCN3C(=O)c4ccccc4C3=O)c(SC)nc2s1. The molecule has 0 spiro atoms. The molecule has 0 radical (unpaired) electrons. The topological polar surface area (TPSA) is 72.3 Å². The van der Waals surface area contributed by atoms with E-state index in [4.69, 9.17) is 0 Å². The summed E-state index contributed by atoms with van der Waals surface area (Å²) in [6.45, 7) is 2.40. The van der Waals surface area contributed by atoms with Crippen molar-refractivity contribution in [1.29, 1.82) is 0 Å². The highest BCUT2D eigenvalue weighted by atomic mass is 32.2. The van der Waals surface area contributed by atoms with Crippen molar-refractivity contribution >= 4 is 45.1 Å². The Balaban J connectivity index is 1.66. The van der Waals surface area contributed by atoms with E-state index < -0.39 is 0 Å². The molecule has 0 saturated heterocycles. The van der Waals surface area contributed by atoms with Gasteiger partial charge < -0.3 is 0 Å². The van der Waals surface area contributed by atoms with Gasteiger partial charge in [-0.1, -0.05) is 30.8 Å². The van der Waals surface area contributed by atoms with Crippen molar-refractivity contribution in [2.45, 2.75) is 25.0 Å². The Labute approximate surface area is 163 Å². The molecule has 0 atom stereocenters. The molecule has 0 aliphatic carbocycles. The van der Waals surface area contributed by atoms with Crippen molar-refractivity contribution < 1.29 is 9.59 Å². The Morgan fingerprint density at radius 2 is 1.74 bits per heavy atom. The summed E-state index contributed by atoms with van der Waals surface area (Å²) in [5.74, 6) is -0.626. The van der Waals surface area contributed by atoms with Crippen LogP contribution in [0.5, 0.6) is 0 Å². The highest BCUT2D eigenvalue weighted by molar-refractivity contribution is 7.98. The van der Waals surface area contributed by atoms with Crippen molar-refractivity contribution in [2.24, 2.45) is 0 Å². The summed E-state index contributed by atoms with van der Waals surface area (Å²) in [6.07, 6.45) is 2.71. The largest absolute Gasteiger partial charge is 0.285 e. The molecule has 2 amide bonds. The Bertz CT molecular complexity index is 1100. The van der Waals surface area contributed by atoms with E-state index in [1.54, 1.807) is 28.8 Å². The summed E-state index contributed by atoms with van der Waals surface area (Å²) in [5, 5.41) is 1.19. The molecule has 0 bridgehead atoms. The first-order valence-corrected chi connectivity index (χ1v) is 10.6. The predicted molar refractivity (Wildman–Crippen MR) is 107 cm³/mol. The van der Waals surface area contributed by atoms with Crippen LogP contribution in [-0.2, 0) is 13.0 Å². The van der Waals surface area contributed by atoms with Gasteiger partial charge in [-0.15, -0.1) is 11.3 Å². The zero-order valence-corrected chi connectivity index (χ0v) is 16.5. The Morgan fingerprint density at radius 1 is 1.07 bits per heavy atom. The van der Waals surface area contributed by atoms with Gasteiger partial charge in [0.2, 0.25) is 0 Å². The van der Waals surface area contributed by atoms with Gasteiger partial charge in [-0.25, -0.2) is 4.98 Å². The van der Waals surface area contributed by atoms with E-state index >= 15 is 0 Å². The number of aromatic nitrogens is 2. The fourth-order valence-corrected chi connectivity index (χ4v) is 4.81. The monoisotopic (exact) mass is 399 g/mol. The van der Waals surface area contributed by atoms with Crippen LogP contribution in [0.15, 0.2) is 40.3 Å². The number of nitrogens with zero attached hydrogens (tertiary/aromatic N) is 3. The summed E-state index contributed by atoms with van der Waals surface area (Å²) in [6, 6.07) is 8.67. The number of thioether (sulfide) groups is 1. The lowest BCUT2D eigenvalue weighted by atomic mass is 10.1. The maximum Gasteiger partial charge on any atom is 0.262 e. The van der Waals surface area contributed by atoms with Gasteiger partial charge in [0.25, 0.3) is 17.4 Å². The molecule has 1 aliphatic rings. The summed E-state index contributed by atoms with van der Waals surface area (Å²) in [7, 11) is 0. The highest BCUT2D eigenvalue weighted by Crippen LogP contribution is 2.25. The van der Waals surface area contributed by atoms with E-state index in [0.717, 1.165) is 16.1 Å². The summed E-state index contributed by atoms with van der Waals surface area (Å²) < 4.78 is 1.56. The second kappa shape index (κ2) is 6.94. The van der Waals surface area contributed by atoms with Crippen LogP contribution in [0.2, 0.25) is 0 Å². The number of aryl methyl sites for hydroxylation is 1. The second-order valence-corrected chi connectivity index (χ2v) is 8.04. The van der Waals surface area contributed by atoms with Crippen LogP contribution >= 0.6 is 23.1 Å². The third-order valence-corrected chi connectivity index (χ3v) is 6.47. The molecular formula is C19H17N3O3S2. The second-order valence-electron chi connectivity index (χ2n) is 6.15. The lowest BCUT2D eigenvalue weighted by molar-refractivity contribution is 0.0647. The number of carbonyl (C=O) groups excluding carboxylic acids is 2. The van der Waals surface area contributed by atoms with Gasteiger partial charge in [0, 0.05) is 18.0 Å². The van der Waals surface area contributed by atoms with E-state index in [0.29, 0.717) is 21.7 Å². The molecule has 0 N–H and O–H groups in total. The van der Waals surface area contributed by atoms with Crippen LogP contribution in [0, 0.1) is 0 Å². The fourth-order valence-electron chi connectivity index (χ4n) is 3.22. The molecule has 8 heteroatoms. The predicted octanol–water partition coefficient (Wildman–Crippen LogP) is 3.04. The Kier molecular flexibility index (Phi) is 4.61. The molecule has 138 valence electrons. The third-order valence-electron chi connectivity index (χ3n) is 4.62. The summed E-state index contributed by atoms with van der Waals surface area (Å²) in [4.78, 5) is 45.6. The van der Waals surface area contributed by atoms with Crippen LogP contribution in [-0.4, -0.2) is 39.1 Å². The van der Waals surface area contributed by atoms with E-state index in [2.05, 4.69) is 4.98 Å². The van der Waals surface area contributed by atoms with Crippen molar-refractivity contribution in [1.82, 2.24) is 14.5 Å². The average molecular weight is 399 g/mol. The maximum absolute atomic E-state index is 13.0. The number of thiophene rings is 1. The first kappa shape index (κ1) is 17.9. The molecular weight excluding hydrogens is 382 g/mol. The van der Waals surface area contributed by atoms with Gasteiger partial charge in [-0.2, -0.15) is 0 Å². The minimum atomic E-state index is -0.313. The molecule has 6 nitrogen and oxygen atoms in total. The Hall–Kier alpha value is -2.45. The molecule has 27 heavy (non-hydrogen) atoms. The number of carbonyl (C=O) groups is 2. The van der Waals surface area contributed by atoms with Gasteiger partial charge in [0.15, 0.2) is 5.16 Å². The van der Waals surface area contributed by atoms with Crippen LogP contribution in [0.4, 0.5) is 0 Å². The first-order chi connectivity index (χ1) is 13.0. The van der Waals surface area contributed by atoms with Crippen molar-refractivity contribution in [3.05, 3.63) is 56.7 Å². The van der Waals surface area contributed by atoms with E-state index in [1.807, 2.05) is 19.2 Å². The molecule has 1 aromatic carbocycles. The first-order valence-electron chi connectivity index (χ1n) is 8.57. The molecule has 1 aliphatic heterocycles. The van der Waals surface area contributed by atoms with Crippen molar-refractivity contribution in [2.75, 3.05) is 12.8 Å². The van der Waals surface area contributed by atoms with Gasteiger partial charge >= 0.3 is 0 Å². The molecule has 3 heterocycles. The zero-order chi connectivity index (χ0) is 19.1. The summed E-state index contributed by atoms with van der Waals surface area (Å²) >= 11 is 2.91. The zero-order valence-electron chi connectivity index (χ0n) is 14.9. The normalized spacial score (nSPS) is 13.6. The highest BCUT2D eigenvalue weighted by Gasteiger charge is 2.34. The van der Waals surface area contributed by atoms with Crippen molar-refractivity contribution in [3.8, 4) is 0 Å². The standard InChI is InChI=1S/C19H17N3O3S2/c1-3-11-10-14-15(27-11)20-19(26-2)22(18(14)25)9-8-21-16(23)12-6-4-5-7-13(12)17(21)24/h4-7,10H,3,8-9H2,1-2H3. The number of benzene rings is 1. The van der Waals surface area contributed by atoms with Gasteiger partial charge in [-0.3, -0.25) is 23.9 Å². The fraction of sp³-hybridized carbons (Fsp3) is 0.263. The van der Waals surface area contributed by atoms with Crippen molar-refractivity contribution in [3.63, 3.8) is 0 Å². The quantitative estimate of drug-likeness (QED) is 0.375. The molecule has 4 rings (SSSR count). The number of fused-ring (bicyclic) bond motifs is 2. The van der Waals surface area contributed by atoms with Crippen LogP contribution in [0.25, 0.3) is 10.2 Å². The number of hydrogen-bond donors (Lipinski definition) is 0. The third kappa shape index (κ3) is 2.89. The minimum Gasteiger partial charge on any atom is -0.285 e. The average Bonchev–Trinajstić information content (AvgIpc) is 3.21. The van der Waals surface area contributed by atoms with Gasteiger partial charge in [0.1, 0.15) is 4.83 Å². The number of rotatable bonds is 5. The molecule has 0 unspecified atom stereocenters. The molecule has 0 saturated carbocycles.